The van der Waals surface area contributed by atoms with E-state index < -0.39 is 0 Å². The molecule has 0 saturated carbocycles. The molecule has 1 amide bonds. The fourth-order valence-corrected chi connectivity index (χ4v) is 2.90. The Morgan fingerprint density at radius 2 is 1.73 bits per heavy atom. The van der Waals surface area contributed by atoms with E-state index in [4.69, 9.17) is 11.6 Å². The van der Waals surface area contributed by atoms with Crippen LogP contribution in [-0.4, -0.2) is 28.0 Å². The molecule has 5 heteroatoms. The van der Waals surface area contributed by atoms with Crippen LogP contribution in [-0.2, 0) is 4.79 Å². The maximum absolute atomic E-state index is 12.1. The van der Waals surface area contributed by atoms with Crippen LogP contribution in [0.4, 0.5) is 0 Å². The minimum atomic E-state index is -0.140. The number of carbonyl (C=O) groups excluding carboxylic acids is 1. The lowest BCUT2D eigenvalue weighted by atomic mass is 10.0. The van der Waals surface area contributed by atoms with Crippen molar-refractivity contribution in [2.75, 3.05) is 6.54 Å². The van der Waals surface area contributed by atoms with Crippen molar-refractivity contribution < 1.29 is 4.79 Å². The number of hydrogen-bond donors (Lipinski definition) is 0. The van der Waals surface area contributed by atoms with Gasteiger partial charge >= 0.3 is 0 Å². The average molecular weight is 378 g/mol. The molecule has 0 aromatic heterocycles. The Morgan fingerprint density at radius 3 is 2.32 bits per heavy atom. The van der Waals surface area contributed by atoms with Gasteiger partial charge in [-0.1, -0.05) is 70.0 Å². The van der Waals surface area contributed by atoms with Crippen LogP contribution in [0.25, 0.3) is 0 Å². The van der Waals surface area contributed by atoms with Gasteiger partial charge in [0.1, 0.15) is 0 Å². The summed E-state index contributed by atoms with van der Waals surface area (Å²) < 4.78 is 0. The first-order chi connectivity index (χ1) is 10.6. The highest BCUT2D eigenvalue weighted by Crippen LogP contribution is 2.21. The average Bonchev–Trinajstić information content (AvgIpc) is 2.86. The van der Waals surface area contributed by atoms with Crippen molar-refractivity contribution in [3.8, 4) is 0 Å². The molecule has 2 aromatic rings. The Labute approximate surface area is 142 Å². The van der Waals surface area contributed by atoms with Crippen molar-refractivity contribution in [2.45, 2.75) is 11.2 Å². The summed E-state index contributed by atoms with van der Waals surface area (Å²) in [6.45, 7) is 0.624. The second-order valence-electron chi connectivity index (χ2n) is 5.04. The van der Waals surface area contributed by atoms with Crippen LogP contribution in [0, 0.1) is 0 Å². The van der Waals surface area contributed by atoms with E-state index in [-0.39, 0.29) is 10.7 Å². The van der Waals surface area contributed by atoms with Crippen LogP contribution < -0.4 is 0 Å². The molecule has 1 fully saturated rings. The molecule has 0 aliphatic carbocycles. The number of carbonyl (C=O) groups is 1. The molecule has 1 atom stereocenters. The Morgan fingerprint density at radius 1 is 1.09 bits per heavy atom. The summed E-state index contributed by atoms with van der Waals surface area (Å²) in [5.74, 6) is 0.00222. The molecule has 112 valence electrons. The van der Waals surface area contributed by atoms with Gasteiger partial charge in [0.15, 0.2) is 0 Å². The minimum absolute atomic E-state index is 0.00222. The largest absolute Gasteiger partial charge is 0.272 e. The Bertz CT molecular complexity index is 700. The molecule has 3 nitrogen and oxygen atoms in total. The third-order valence-corrected chi connectivity index (χ3v) is 4.60. The van der Waals surface area contributed by atoms with Gasteiger partial charge in [-0.15, -0.1) is 0 Å². The van der Waals surface area contributed by atoms with Crippen LogP contribution >= 0.6 is 27.5 Å². The van der Waals surface area contributed by atoms with Crippen molar-refractivity contribution in [1.82, 2.24) is 5.01 Å². The smallest absolute Gasteiger partial charge is 0.256 e. The van der Waals surface area contributed by atoms with Crippen molar-refractivity contribution in [2.24, 2.45) is 5.10 Å². The summed E-state index contributed by atoms with van der Waals surface area (Å²) in [6, 6.07) is 17.3. The molecule has 1 unspecified atom stereocenters. The Kier molecular flexibility index (Phi) is 4.60. The molecule has 1 aliphatic heterocycles. The van der Waals surface area contributed by atoms with E-state index in [9.17, 15) is 4.79 Å². The van der Waals surface area contributed by atoms with Crippen molar-refractivity contribution >= 4 is 39.1 Å². The Hall–Kier alpha value is -1.65. The van der Waals surface area contributed by atoms with E-state index in [1.54, 1.807) is 0 Å². The lowest BCUT2D eigenvalue weighted by Gasteiger charge is -2.14. The number of rotatable bonds is 3. The summed E-state index contributed by atoms with van der Waals surface area (Å²) in [5.41, 5.74) is 2.67. The van der Waals surface area contributed by atoms with Gasteiger partial charge in [0.05, 0.1) is 10.5 Å². The van der Waals surface area contributed by atoms with Crippen LogP contribution in [0.5, 0.6) is 0 Å². The first kappa shape index (κ1) is 15.3. The predicted octanol–water partition coefficient (Wildman–Crippen LogP) is 4.09. The monoisotopic (exact) mass is 376 g/mol. The summed E-state index contributed by atoms with van der Waals surface area (Å²) >= 11 is 9.34. The minimum Gasteiger partial charge on any atom is -0.272 e. The van der Waals surface area contributed by atoms with Crippen LogP contribution in [0.1, 0.15) is 17.5 Å². The van der Waals surface area contributed by atoms with Crippen molar-refractivity contribution in [3.05, 3.63) is 70.7 Å². The topological polar surface area (TPSA) is 32.7 Å². The molecule has 1 aliphatic rings. The first-order valence-corrected chi connectivity index (χ1v) is 8.30. The van der Waals surface area contributed by atoms with Crippen molar-refractivity contribution in [3.63, 3.8) is 0 Å². The van der Waals surface area contributed by atoms with Gasteiger partial charge in [-0.05, 0) is 18.6 Å². The van der Waals surface area contributed by atoms with Gasteiger partial charge in [-0.3, -0.25) is 4.79 Å². The van der Waals surface area contributed by atoms with Gasteiger partial charge in [-0.25, -0.2) is 5.01 Å². The van der Waals surface area contributed by atoms with E-state index in [1.165, 1.54) is 5.01 Å². The second-order valence-corrected chi connectivity index (χ2v) is 6.58. The quantitative estimate of drug-likeness (QED) is 0.586. The fourth-order valence-electron chi connectivity index (χ4n) is 2.34. The molecule has 1 heterocycles. The van der Waals surface area contributed by atoms with E-state index in [0.717, 1.165) is 23.3 Å². The number of halogens is 2. The lowest BCUT2D eigenvalue weighted by Crippen LogP contribution is -2.24. The van der Waals surface area contributed by atoms with Crippen LogP contribution in [0.3, 0.4) is 0 Å². The zero-order valence-corrected chi connectivity index (χ0v) is 14.1. The highest BCUT2D eigenvalue weighted by molar-refractivity contribution is 9.10. The van der Waals surface area contributed by atoms with Crippen LogP contribution in [0.15, 0.2) is 59.7 Å². The van der Waals surface area contributed by atoms with Crippen LogP contribution in [0.2, 0.25) is 5.02 Å². The number of hydrogen-bond acceptors (Lipinski definition) is 2. The molecular formula is C17H14BrClN2O. The summed E-state index contributed by atoms with van der Waals surface area (Å²) in [7, 11) is 0. The number of benzene rings is 2. The number of amides is 1. The van der Waals surface area contributed by atoms with Gasteiger partial charge in [-0.2, -0.15) is 5.10 Å². The zero-order valence-electron chi connectivity index (χ0n) is 11.7. The molecule has 2 aromatic carbocycles. The molecule has 3 rings (SSSR count). The lowest BCUT2D eigenvalue weighted by molar-refractivity contribution is -0.127. The van der Waals surface area contributed by atoms with Gasteiger partial charge < -0.3 is 0 Å². The molecule has 0 spiro atoms. The maximum Gasteiger partial charge on any atom is 0.256 e. The van der Waals surface area contributed by atoms with Gasteiger partial charge in [0.2, 0.25) is 0 Å². The third kappa shape index (κ3) is 3.23. The molecule has 0 bridgehead atoms. The van der Waals surface area contributed by atoms with E-state index in [1.807, 2.05) is 54.6 Å². The summed E-state index contributed by atoms with van der Waals surface area (Å²) in [6.07, 6.45) is 0.769. The van der Waals surface area contributed by atoms with Gasteiger partial charge in [0.25, 0.3) is 5.91 Å². The zero-order chi connectivity index (χ0) is 15.5. The molecular weight excluding hydrogens is 364 g/mol. The molecule has 22 heavy (non-hydrogen) atoms. The van der Waals surface area contributed by atoms with E-state index in [0.29, 0.717) is 11.6 Å². The van der Waals surface area contributed by atoms with E-state index in [2.05, 4.69) is 21.0 Å². The normalized spacial score (nSPS) is 18.8. The predicted molar refractivity (Wildman–Crippen MR) is 92.6 cm³/mol. The highest BCUT2D eigenvalue weighted by atomic mass is 79.9. The maximum atomic E-state index is 12.1. The van der Waals surface area contributed by atoms with Gasteiger partial charge in [0, 0.05) is 22.7 Å². The standard InChI is InChI=1S/C17H14BrClN2O/c18-15-10-11-21(17(15)22)20-16(12-4-2-1-3-5-12)13-6-8-14(19)9-7-13/h1-9,15H,10-11H2/b20-16+. The Balaban J connectivity index is 2.03. The highest BCUT2D eigenvalue weighted by Gasteiger charge is 2.30. The molecule has 0 radical (unpaired) electrons. The van der Waals surface area contributed by atoms with Crippen molar-refractivity contribution in [1.29, 1.82) is 0 Å². The number of nitrogens with zero attached hydrogens (tertiary/aromatic N) is 2. The summed E-state index contributed by atoms with van der Waals surface area (Å²) in [5, 5.41) is 6.82. The number of alkyl halides is 1. The summed E-state index contributed by atoms with van der Waals surface area (Å²) in [4.78, 5) is 12.0. The molecule has 0 N–H and O–H groups in total. The number of hydrazone groups is 1. The fraction of sp³-hybridized carbons (Fsp3) is 0.176. The second kappa shape index (κ2) is 6.63. The first-order valence-electron chi connectivity index (χ1n) is 7.00. The third-order valence-electron chi connectivity index (χ3n) is 3.50. The molecule has 1 saturated heterocycles. The van der Waals surface area contributed by atoms with E-state index >= 15 is 0 Å². The SMILES string of the molecule is O=C1C(Br)CCN1/N=C(\c1ccccc1)c1ccc(Cl)cc1.